The lowest BCUT2D eigenvalue weighted by molar-refractivity contribution is -0.137. The molecule has 3 saturated heterocycles. The molecule has 0 saturated carbocycles. The average Bonchev–Trinajstić information content (AvgIpc) is 3.65. The number of fused-ring (bicyclic) bond motifs is 3. The van der Waals surface area contributed by atoms with E-state index < -0.39 is 46.3 Å². The van der Waals surface area contributed by atoms with Crippen molar-refractivity contribution in [1.29, 1.82) is 5.26 Å². The molecule has 2 aromatic heterocycles. The van der Waals surface area contributed by atoms with Crippen molar-refractivity contribution in [3.8, 4) is 17.2 Å². The summed E-state index contributed by atoms with van der Waals surface area (Å²) < 4.78 is 86.5. The minimum Gasteiger partial charge on any atom is -0.396 e. The topological polar surface area (TPSA) is 122 Å². The number of aliphatic hydroxyl groups excluding tert-OH is 1. The van der Waals surface area contributed by atoms with Gasteiger partial charge in [0, 0.05) is 48.1 Å². The fourth-order valence-corrected chi connectivity index (χ4v) is 8.16. The number of nitrogens with one attached hydrogen (secondary N) is 1. The van der Waals surface area contributed by atoms with Crippen molar-refractivity contribution in [2.24, 2.45) is 5.92 Å². The van der Waals surface area contributed by atoms with E-state index >= 15 is 4.39 Å². The minimum absolute atomic E-state index is 0.00634. The fraction of sp³-hybridized carbons (Fsp3) is 0.469. The van der Waals surface area contributed by atoms with Crippen molar-refractivity contribution in [3.05, 3.63) is 51.4 Å². The van der Waals surface area contributed by atoms with Crippen LogP contribution < -0.4 is 16.3 Å². The van der Waals surface area contributed by atoms with E-state index in [4.69, 9.17) is 5.73 Å². The van der Waals surface area contributed by atoms with E-state index in [9.17, 15) is 37.1 Å². The van der Waals surface area contributed by atoms with Crippen LogP contribution in [0.5, 0.6) is 0 Å². The van der Waals surface area contributed by atoms with Gasteiger partial charge in [-0.3, -0.25) is 4.90 Å². The summed E-state index contributed by atoms with van der Waals surface area (Å²) in [6, 6.07) is 4.31. The summed E-state index contributed by atoms with van der Waals surface area (Å²) in [7, 11) is 0. The second-order valence-corrected chi connectivity index (χ2v) is 13.7. The standard InChI is InChI=1S/C24H18F5N5O2S.C8H14FN/c25-15-2-1-11(16-13(8-30)21(31)37-20(15)16)17-14(24(27,28)29)7-12-19(18(17)26)32-23(36)33-22(12)34-5-3-10(9-35)4-6-34;1-8-3-2-4-10(8)6-7(9)5-8/h1-2,7,10,35H,3-6,9,31H2,(H,32,33,36);7H,2-6H2,1H3/t;7?,8-/m.0/s1. The number of benzene rings is 2. The predicted molar refractivity (Wildman–Crippen MR) is 168 cm³/mol. The van der Waals surface area contributed by atoms with Crippen molar-refractivity contribution >= 4 is 43.1 Å². The minimum atomic E-state index is -5.06. The number of piperidine rings is 1. The molecule has 3 fully saturated rings. The van der Waals surface area contributed by atoms with Gasteiger partial charge in [-0.2, -0.15) is 23.4 Å². The Bertz CT molecular complexity index is 1950. The molecule has 3 aliphatic rings. The Morgan fingerprint density at radius 3 is 2.60 bits per heavy atom. The van der Waals surface area contributed by atoms with Gasteiger partial charge >= 0.3 is 11.9 Å². The van der Waals surface area contributed by atoms with Gasteiger partial charge in [0.2, 0.25) is 0 Å². The zero-order valence-corrected chi connectivity index (χ0v) is 26.2. The fourth-order valence-electron chi connectivity index (χ4n) is 7.21. The molecule has 47 heavy (non-hydrogen) atoms. The number of nitrogen functional groups attached to an aromatic ring is 1. The van der Waals surface area contributed by atoms with Gasteiger partial charge in [-0.25, -0.2) is 18.0 Å². The number of thiophene rings is 1. The molecule has 2 atom stereocenters. The number of H-pyrrole nitrogens is 1. The lowest BCUT2D eigenvalue weighted by atomic mass is 9.92. The van der Waals surface area contributed by atoms with Crippen molar-refractivity contribution in [3.63, 3.8) is 0 Å². The normalized spacial score (nSPS) is 22.0. The number of halogens is 6. The van der Waals surface area contributed by atoms with E-state index in [0.29, 0.717) is 49.9 Å². The van der Waals surface area contributed by atoms with Crippen LogP contribution in [0, 0.1) is 28.9 Å². The molecule has 5 heterocycles. The molecule has 2 aromatic carbocycles. The molecule has 0 spiro atoms. The lowest BCUT2D eigenvalue weighted by Gasteiger charge is -2.32. The van der Waals surface area contributed by atoms with Crippen molar-refractivity contribution in [1.82, 2.24) is 14.9 Å². The number of nitriles is 1. The molecule has 0 radical (unpaired) electrons. The number of aromatic amines is 1. The molecule has 3 aliphatic heterocycles. The molecule has 4 N–H and O–H groups in total. The summed E-state index contributed by atoms with van der Waals surface area (Å²) in [5.74, 6) is -2.31. The first-order chi connectivity index (χ1) is 22.3. The Morgan fingerprint density at radius 2 is 1.96 bits per heavy atom. The molecule has 0 bridgehead atoms. The molecular formula is C32H32F6N6O2S. The first-order valence-corrected chi connectivity index (χ1v) is 16.1. The van der Waals surface area contributed by atoms with Crippen LogP contribution in [-0.4, -0.2) is 64.5 Å². The van der Waals surface area contributed by atoms with Gasteiger partial charge < -0.3 is 20.7 Å². The van der Waals surface area contributed by atoms with E-state index in [1.165, 1.54) is 12.8 Å². The molecule has 1 unspecified atom stereocenters. The number of anilines is 2. The summed E-state index contributed by atoms with van der Waals surface area (Å²) in [6.07, 6.45) is -1.34. The van der Waals surface area contributed by atoms with Gasteiger partial charge in [-0.05, 0) is 69.2 Å². The lowest BCUT2D eigenvalue weighted by Crippen LogP contribution is -2.36. The highest BCUT2D eigenvalue weighted by atomic mass is 32.1. The zero-order valence-electron chi connectivity index (χ0n) is 25.4. The Morgan fingerprint density at radius 1 is 1.23 bits per heavy atom. The van der Waals surface area contributed by atoms with Gasteiger partial charge in [0.1, 0.15) is 28.9 Å². The number of hydrogen-bond acceptors (Lipinski definition) is 8. The Balaban J connectivity index is 0.000000327. The smallest absolute Gasteiger partial charge is 0.396 e. The summed E-state index contributed by atoms with van der Waals surface area (Å²) in [4.78, 5) is 22.3. The van der Waals surface area contributed by atoms with Crippen LogP contribution in [0.15, 0.2) is 23.0 Å². The quantitative estimate of drug-likeness (QED) is 0.216. The van der Waals surface area contributed by atoms with E-state index in [1.807, 2.05) is 0 Å². The first kappa shape index (κ1) is 33.0. The summed E-state index contributed by atoms with van der Waals surface area (Å²) in [5, 5.41) is 18.3. The van der Waals surface area contributed by atoms with Crippen LogP contribution in [-0.2, 0) is 6.18 Å². The molecule has 8 nitrogen and oxygen atoms in total. The van der Waals surface area contributed by atoms with E-state index in [0.717, 1.165) is 25.1 Å². The average molecular weight is 679 g/mol. The van der Waals surface area contributed by atoms with E-state index in [1.54, 1.807) is 11.0 Å². The number of rotatable bonds is 3. The molecule has 7 rings (SSSR count). The summed E-state index contributed by atoms with van der Waals surface area (Å²) in [5.41, 5.74) is 1.63. The maximum atomic E-state index is 16.1. The maximum Gasteiger partial charge on any atom is 0.417 e. The molecule has 0 aliphatic carbocycles. The number of nitrogens with zero attached hydrogens (tertiary/aromatic N) is 4. The number of hydrogen-bond donors (Lipinski definition) is 3. The molecule has 4 aromatic rings. The number of nitrogens with two attached hydrogens (primary N) is 1. The van der Waals surface area contributed by atoms with E-state index in [2.05, 4.69) is 21.8 Å². The SMILES string of the molecule is C[C@@]12CCCN1CC(F)C2.N#Cc1c(N)sc2c(F)ccc(-c3c(C(F)(F)F)cc4c(N5CCC(CO)CC5)nc(=O)[nH]c4c3F)c12. The molecule has 15 heteroatoms. The number of aromatic nitrogens is 2. The highest BCUT2D eigenvalue weighted by Crippen LogP contribution is 2.47. The second kappa shape index (κ2) is 12.3. The third-order valence-electron chi connectivity index (χ3n) is 9.61. The van der Waals surface area contributed by atoms with Gasteiger partial charge in [-0.15, -0.1) is 11.3 Å². The summed E-state index contributed by atoms with van der Waals surface area (Å²) in [6.45, 7) is 4.57. The van der Waals surface area contributed by atoms with Crippen LogP contribution >= 0.6 is 11.3 Å². The van der Waals surface area contributed by atoms with Crippen molar-refractivity contribution in [2.45, 2.75) is 56.9 Å². The van der Waals surface area contributed by atoms with Crippen LogP contribution in [0.3, 0.4) is 0 Å². The van der Waals surface area contributed by atoms with E-state index in [-0.39, 0.29) is 55.5 Å². The molecular weight excluding hydrogens is 646 g/mol. The summed E-state index contributed by atoms with van der Waals surface area (Å²) >= 11 is 0.672. The van der Waals surface area contributed by atoms with Crippen LogP contribution in [0.4, 0.5) is 37.2 Å². The van der Waals surface area contributed by atoms with Crippen LogP contribution in [0.1, 0.15) is 50.2 Å². The number of aliphatic hydroxyl groups is 1. The van der Waals surface area contributed by atoms with Crippen LogP contribution in [0.25, 0.3) is 32.1 Å². The van der Waals surface area contributed by atoms with Crippen molar-refractivity contribution < 1.29 is 31.4 Å². The third-order valence-corrected chi connectivity index (χ3v) is 10.6. The first-order valence-electron chi connectivity index (χ1n) is 15.2. The Labute approximate surface area is 269 Å². The largest absolute Gasteiger partial charge is 0.417 e. The monoisotopic (exact) mass is 678 g/mol. The second-order valence-electron chi connectivity index (χ2n) is 12.6. The van der Waals surface area contributed by atoms with Gasteiger partial charge in [0.15, 0.2) is 5.82 Å². The highest BCUT2D eigenvalue weighted by molar-refractivity contribution is 7.23. The number of alkyl halides is 4. The third kappa shape index (κ3) is 5.91. The Hall–Kier alpha value is -3.87. The maximum absolute atomic E-state index is 16.1. The zero-order chi connectivity index (χ0) is 33.8. The molecule has 250 valence electrons. The van der Waals surface area contributed by atoms with Gasteiger partial charge in [-0.1, -0.05) is 6.07 Å². The van der Waals surface area contributed by atoms with Gasteiger partial charge in [0.25, 0.3) is 0 Å². The highest BCUT2D eigenvalue weighted by Gasteiger charge is 2.45. The predicted octanol–water partition coefficient (Wildman–Crippen LogP) is 6.35. The van der Waals surface area contributed by atoms with Crippen LogP contribution in [0.2, 0.25) is 0 Å². The van der Waals surface area contributed by atoms with Gasteiger partial charge in [0.05, 0.1) is 21.3 Å². The molecule has 0 amide bonds. The van der Waals surface area contributed by atoms with Crippen molar-refractivity contribution in [2.75, 3.05) is 43.4 Å². The Kier molecular flexibility index (Phi) is 8.65.